The fourth-order valence-electron chi connectivity index (χ4n) is 2.96. The third kappa shape index (κ3) is 4.78. The Morgan fingerprint density at radius 3 is 2.26 bits per heavy atom. The van der Waals surface area contributed by atoms with E-state index in [1.807, 2.05) is 0 Å². The average Bonchev–Trinajstić information content (AvgIpc) is 2.78. The highest BCUT2D eigenvalue weighted by atomic mass is 35.5. The van der Waals surface area contributed by atoms with Gasteiger partial charge in [-0.3, -0.25) is 4.79 Å². The normalized spacial score (nSPS) is 23.3. The largest absolute Gasteiger partial charge is 0.352 e. The highest BCUT2D eigenvalue weighted by Crippen LogP contribution is 2.27. The number of nitrogens with two attached hydrogens (primary N) is 1. The predicted molar refractivity (Wildman–Crippen MR) is 83.2 cm³/mol. The smallest absolute Gasteiger partial charge is 0.240 e. The van der Waals surface area contributed by atoms with Crippen molar-refractivity contribution in [2.75, 3.05) is 19.6 Å². The number of hydrogen-bond acceptors (Lipinski definition) is 3. The third-order valence-electron chi connectivity index (χ3n) is 4.32. The highest BCUT2D eigenvalue weighted by molar-refractivity contribution is 5.86. The summed E-state index contributed by atoms with van der Waals surface area (Å²) in [5.74, 6) is 0.0879. The lowest BCUT2D eigenvalue weighted by atomic mass is 9.96. The molecular formula is C13H27Cl2N3O. The molecule has 0 aromatic rings. The van der Waals surface area contributed by atoms with Crippen molar-refractivity contribution >= 4 is 30.7 Å². The van der Waals surface area contributed by atoms with Gasteiger partial charge in [0.15, 0.2) is 0 Å². The molecule has 0 unspecified atom stereocenters. The second kappa shape index (κ2) is 8.30. The molecule has 0 atom stereocenters. The molecule has 2 fully saturated rings. The van der Waals surface area contributed by atoms with Crippen molar-refractivity contribution < 1.29 is 4.79 Å². The summed E-state index contributed by atoms with van der Waals surface area (Å²) in [5, 5.41) is 3.16. The molecule has 3 N–H and O–H groups in total. The van der Waals surface area contributed by atoms with Crippen molar-refractivity contribution in [3.63, 3.8) is 0 Å². The van der Waals surface area contributed by atoms with Crippen LogP contribution in [-0.4, -0.2) is 42.0 Å². The lowest BCUT2D eigenvalue weighted by molar-refractivity contribution is -0.127. The van der Waals surface area contributed by atoms with Gasteiger partial charge >= 0.3 is 0 Å². The fourth-order valence-corrected chi connectivity index (χ4v) is 2.96. The molecule has 2 aliphatic rings. The van der Waals surface area contributed by atoms with Crippen molar-refractivity contribution in [2.24, 2.45) is 5.73 Å². The Morgan fingerprint density at radius 1 is 1.26 bits per heavy atom. The van der Waals surface area contributed by atoms with Gasteiger partial charge in [-0.15, -0.1) is 24.8 Å². The second-order valence-electron chi connectivity index (χ2n) is 5.55. The van der Waals surface area contributed by atoms with Gasteiger partial charge in [-0.2, -0.15) is 0 Å². The van der Waals surface area contributed by atoms with Crippen LogP contribution in [0.5, 0.6) is 0 Å². The zero-order chi connectivity index (χ0) is 12.3. The molecule has 0 aromatic heterocycles. The first-order valence-electron chi connectivity index (χ1n) is 6.96. The third-order valence-corrected chi connectivity index (χ3v) is 4.32. The summed E-state index contributed by atoms with van der Waals surface area (Å²) in [5.41, 5.74) is 5.58. The molecule has 0 spiro atoms. The lowest BCUT2D eigenvalue weighted by Gasteiger charge is -2.33. The molecule has 0 bridgehead atoms. The Hall–Kier alpha value is -0.0300. The van der Waals surface area contributed by atoms with E-state index < -0.39 is 5.54 Å². The zero-order valence-corrected chi connectivity index (χ0v) is 13.3. The van der Waals surface area contributed by atoms with Crippen LogP contribution in [0.3, 0.4) is 0 Å². The maximum absolute atomic E-state index is 12.1. The molecule has 4 nitrogen and oxygen atoms in total. The molecule has 0 radical (unpaired) electrons. The van der Waals surface area contributed by atoms with Crippen molar-refractivity contribution in [1.82, 2.24) is 10.2 Å². The maximum Gasteiger partial charge on any atom is 0.240 e. The molecule has 6 heteroatoms. The molecule has 114 valence electrons. The first-order chi connectivity index (χ1) is 8.14. The summed E-state index contributed by atoms with van der Waals surface area (Å²) in [7, 11) is 0. The Kier molecular flexibility index (Phi) is 8.29. The number of carbonyl (C=O) groups is 1. The first kappa shape index (κ1) is 19.0. The van der Waals surface area contributed by atoms with E-state index >= 15 is 0 Å². The molecular weight excluding hydrogens is 285 g/mol. The number of nitrogens with zero attached hydrogens (tertiary/aromatic N) is 1. The molecule has 2 rings (SSSR count). The minimum atomic E-state index is -0.568. The van der Waals surface area contributed by atoms with E-state index in [2.05, 4.69) is 17.1 Å². The zero-order valence-electron chi connectivity index (χ0n) is 11.7. The van der Waals surface area contributed by atoms with Crippen LogP contribution in [0.15, 0.2) is 0 Å². The van der Waals surface area contributed by atoms with Crippen LogP contribution in [0.2, 0.25) is 0 Å². The molecule has 0 aromatic carbocycles. The van der Waals surface area contributed by atoms with Gasteiger partial charge in [0.05, 0.1) is 5.54 Å². The van der Waals surface area contributed by atoms with Gasteiger partial charge in [0.2, 0.25) is 5.91 Å². The second-order valence-corrected chi connectivity index (χ2v) is 5.55. The molecule has 1 saturated carbocycles. The van der Waals surface area contributed by atoms with Crippen LogP contribution in [0, 0.1) is 0 Å². The van der Waals surface area contributed by atoms with E-state index in [9.17, 15) is 4.79 Å². The van der Waals surface area contributed by atoms with Crippen LogP contribution >= 0.6 is 24.8 Å². The topological polar surface area (TPSA) is 58.4 Å². The lowest BCUT2D eigenvalue weighted by Crippen LogP contribution is -2.56. The summed E-state index contributed by atoms with van der Waals surface area (Å²) in [6, 6.07) is 0.339. The summed E-state index contributed by atoms with van der Waals surface area (Å²) in [6.07, 6.45) is 6.03. The standard InChI is InChI=1S/C13H25N3O.2ClH/c1-2-16-9-5-11(6-10-16)15-12(17)13(14)7-3-4-8-13;;/h11H,2-10,14H2,1H3,(H,15,17);2*1H. The van der Waals surface area contributed by atoms with Gasteiger partial charge in [0.25, 0.3) is 0 Å². The summed E-state index contributed by atoms with van der Waals surface area (Å²) in [4.78, 5) is 14.6. The Labute approximate surface area is 128 Å². The van der Waals surface area contributed by atoms with Crippen LogP contribution in [-0.2, 0) is 4.79 Å². The van der Waals surface area contributed by atoms with E-state index in [-0.39, 0.29) is 30.7 Å². The number of amides is 1. The number of nitrogens with one attached hydrogen (secondary N) is 1. The monoisotopic (exact) mass is 311 g/mol. The van der Waals surface area contributed by atoms with Crippen molar-refractivity contribution in [1.29, 1.82) is 0 Å². The van der Waals surface area contributed by atoms with Gasteiger partial charge < -0.3 is 16.0 Å². The molecule has 1 amide bonds. The summed E-state index contributed by atoms with van der Waals surface area (Å²) in [6.45, 7) is 5.49. The number of halogens is 2. The van der Waals surface area contributed by atoms with Gasteiger partial charge in [0.1, 0.15) is 0 Å². The van der Waals surface area contributed by atoms with Crippen molar-refractivity contribution in [3.8, 4) is 0 Å². The molecule has 1 aliphatic carbocycles. The number of carbonyl (C=O) groups excluding carboxylic acids is 1. The van der Waals surface area contributed by atoms with Crippen molar-refractivity contribution in [2.45, 2.75) is 57.0 Å². The Balaban J connectivity index is 0.00000162. The van der Waals surface area contributed by atoms with Crippen molar-refractivity contribution in [3.05, 3.63) is 0 Å². The summed E-state index contributed by atoms with van der Waals surface area (Å²) < 4.78 is 0. The minimum Gasteiger partial charge on any atom is -0.352 e. The number of likely N-dealkylation sites (tertiary alicyclic amines) is 1. The Morgan fingerprint density at radius 2 is 1.79 bits per heavy atom. The van der Waals surface area contributed by atoms with Gasteiger partial charge in [-0.1, -0.05) is 19.8 Å². The quantitative estimate of drug-likeness (QED) is 0.834. The van der Waals surface area contributed by atoms with Crippen LogP contribution in [0.4, 0.5) is 0 Å². The summed E-state index contributed by atoms with van der Waals surface area (Å²) >= 11 is 0. The predicted octanol–water partition coefficient (Wildman–Crippen LogP) is 1.70. The van der Waals surface area contributed by atoms with Gasteiger partial charge in [-0.25, -0.2) is 0 Å². The number of rotatable bonds is 3. The van der Waals surface area contributed by atoms with Gasteiger partial charge in [0, 0.05) is 19.1 Å². The molecule has 1 aliphatic heterocycles. The molecule has 1 saturated heterocycles. The average molecular weight is 312 g/mol. The van der Waals surface area contributed by atoms with Crippen LogP contribution in [0.25, 0.3) is 0 Å². The van der Waals surface area contributed by atoms with Crippen LogP contribution in [0.1, 0.15) is 45.4 Å². The van der Waals surface area contributed by atoms with Gasteiger partial charge in [-0.05, 0) is 32.2 Å². The van der Waals surface area contributed by atoms with Crippen LogP contribution < -0.4 is 11.1 Å². The van der Waals surface area contributed by atoms with E-state index in [1.165, 1.54) is 0 Å². The maximum atomic E-state index is 12.1. The fraction of sp³-hybridized carbons (Fsp3) is 0.923. The van der Waals surface area contributed by atoms with E-state index in [4.69, 9.17) is 5.73 Å². The molecule has 19 heavy (non-hydrogen) atoms. The van der Waals surface area contributed by atoms with E-state index in [0.29, 0.717) is 6.04 Å². The molecule has 1 heterocycles. The SMILES string of the molecule is CCN1CCC(NC(=O)C2(N)CCCC2)CC1.Cl.Cl. The number of piperidine rings is 1. The van der Waals surface area contributed by atoms with E-state index in [0.717, 1.165) is 58.2 Å². The number of hydrogen-bond donors (Lipinski definition) is 2. The minimum absolute atomic E-state index is 0. The van der Waals surface area contributed by atoms with E-state index in [1.54, 1.807) is 0 Å². The highest BCUT2D eigenvalue weighted by Gasteiger charge is 2.38. The first-order valence-corrected chi connectivity index (χ1v) is 6.96. The Bertz CT molecular complexity index is 275.